The normalized spacial score (nSPS) is 18.5. The van der Waals surface area contributed by atoms with E-state index in [1.165, 1.54) is 70.6 Å². The van der Waals surface area contributed by atoms with E-state index in [2.05, 4.69) is 36.5 Å². The van der Waals surface area contributed by atoms with Gasteiger partial charge in [0.15, 0.2) is 6.29 Å². The van der Waals surface area contributed by atoms with Crippen LogP contribution in [0.15, 0.2) is 108 Å². The van der Waals surface area contributed by atoms with Crippen molar-refractivity contribution in [1.82, 2.24) is 0 Å². The van der Waals surface area contributed by atoms with E-state index in [9.17, 15) is 9.90 Å². The maximum absolute atomic E-state index is 13.0. The van der Waals surface area contributed by atoms with Gasteiger partial charge in [-0.2, -0.15) is 0 Å². The largest absolute Gasteiger partial charge is 0.398 e. The molecule has 0 aromatic heterocycles. The van der Waals surface area contributed by atoms with Crippen molar-refractivity contribution in [1.29, 1.82) is 0 Å². The van der Waals surface area contributed by atoms with E-state index in [4.69, 9.17) is 15.2 Å². The van der Waals surface area contributed by atoms with Gasteiger partial charge in [0, 0.05) is 39.9 Å². The summed E-state index contributed by atoms with van der Waals surface area (Å²) in [5.74, 6) is 0.596. The van der Waals surface area contributed by atoms with E-state index in [-0.39, 0.29) is 30.6 Å². The molecule has 0 bridgehead atoms. The molecule has 284 valence electrons. The van der Waals surface area contributed by atoms with E-state index in [1.807, 2.05) is 78.9 Å². The van der Waals surface area contributed by atoms with Crippen LogP contribution in [0.4, 0.5) is 11.4 Å². The molecular weight excluding hydrogens is 677 g/mol. The van der Waals surface area contributed by atoms with Crippen LogP contribution in [0.5, 0.6) is 0 Å². The van der Waals surface area contributed by atoms with Crippen LogP contribution in [0.3, 0.4) is 0 Å². The van der Waals surface area contributed by atoms with Gasteiger partial charge in [-0.05, 0) is 47.4 Å². The molecule has 0 spiro atoms. The minimum Gasteiger partial charge on any atom is -0.398 e. The number of hydrogen-bond donors (Lipinski definition) is 3. The summed E-state index contributed by atoms with van der Waals surface area (Å²) >= 11 is 1.69. The number of carbonyl (C=O) groups is 1. The Morgan fingerprint density at radius 3 is 1.98 bits per heavy atom. The molecule has 1 heterocycles. The van der Waals surface area contributed by atoms with Gasteiger partial charge in [-0.25, -0.2) is 0 Å². The average Bonchev–Trinajstić information content (AvgIpc) is 3.19. The van der Waals surface area contributed by atoms with E-state index in [1.54, 1.807) is 11.8 Å². The average molecular weight is 737 g/mol. The standard InChI is InChI=1S/C46H60N2O4S/c1-2-3-4-5-6-7-8-9-10-11-12-13-17-27-43(50)48-39-24-20-23-38(32-39)46-51-41(34-53-42-26-19-18-25-40(42)47)44(36-21-15-14-16-22-36)45(52-46)37-30-28-35(33-49)29-31-37/h14-16,18-26,28-32,41,44-46,49H,2-13,17,27,33-34,47H2,1H3,(H,48,50). The molecule has 6 nitrogen and oxygen atoms in total. The highest BCUT2D eigenvalue weighted by molar-refractivity contribution is 7.99. The maximum Gasteiger partial charge on any atom is 0.224 e. The first-order chi connectivity index (χ1) is 26.1. The van der Waals surface area contributed by atoms with Crippen LogP contribution in [-0.2, 0) is 20.9 Å². The summed E-state index contributed by atoms with van der Waals surface area (Å²) in [5, 5.41) is 12.9. The topological polar surface area (TPSA) is 93.8 Å². The molecule has 1 amide bonds. The Bertz CT molecular complexity index is 1630. The Labute approximate surface area is 322 Å². The van der Waals surface area contributed by atoms with Crippen molar-refractivity contribution in [3.63, 3.8) is 0 Å². The summed E-state index contributed by atoms with van der Waals surface area (Å²) in [6.45, 7) is 2.25. The van der Waals surface area contributed by atoms with Crippen LogP contribution in [0.2, 0.25) is 0 Å². The Morgan fingerprint density at radius 1 is 0.698 bits per heavy atom. The summed E-state index contributed by atoms with van der Waals surface area (Å²) in [6, 6.07) is 34.2. The summed E-state index contributed by atoms with van der Waals surface area (Å²) in [6.07, 6.45) is 16.0. The van der Waals surface area contributed by atoms with E-state index in [0.717, 1.165) is 51.4 Å². The molecule has 1 aliphatic heterocycles. The van der Waals surface area contributed by atoms with Crippen LogP contribution in [0.25, 0.3) is 0 Å². The van der Waals surface area contributed by atoms with Crippen molar-refractivity contribution in [2.75, 3.05) is 16.8 Å². The fourth-order valence-electron chi connectivity index (χ4n) is 7.23. The molecule has 5 rings (SSSR count). The third-order valence-electron chi connectivity index (χ3n) is 10.2. The molecule has 53 heavy (non-hydrogen) atoms. The van der Waals surface area contributed by atoms with Crippen molar-refractivity contribution in [2.45, 2.75) is 133 Å². The van der Waals surface area contributed by atoms with Gasteiger partial charge < -0.3 is 25.6 Å². The van der Waals surface area contributed by atoms with Gasteiger partial charge in [0.1, 0.15) is 0 Å². The number of unbranched alkanes of at least 4 members (excludes halogenated alkanes) is 12. The molecule has 1 saturated heterocycles. The molecule has 0 aliphatic carbocycles. The fourth-order valence-corrected chi connectivity index (χ4v) is 8.26. The van der Waals surface area contributed by atoms with Crippen molar-refractivity contribution in [3.8, 4) is 0 Å². The van der Waals surface area contributed by atoms with Crippen molar-refractivity contribution < 1.29 is 19.4 Å². The minimum absolute atomic E-state index is 0.0186. The van der Waals surface area contributed by atoms with Gasteiger partial charge in [-0.15, -0.1) is 11.8 Å². The number of aliphatic hydroxyl groups is 1. The summed E-state index contributed by atoms with van der Waals surface area (Å²) in [7, 11) is 0. The van der Waals surface area contributed by atoms with Crippen LogP contribution >= 0.6 is 11.8 Å². The molecule has 1 aliphatic rings. The summed E-state index contributed by atoms with van der Waals surface area (Å²) in [4.78, 5) is 14.0. The van der Waals surface area contributed by atoms with Gasteiger partial charge in [-0.3, -0.25) is 4.79 Å². The number of para-hydroxylation sites is 1. The van der Waals surface area contributed by atoms with Gasteiger partial charge in [0.25, 0.3) is 0 Å². The quantitative estimate of drug-likeness (QED) is 0.0422. The number of anilines is 2. The summed E-state index contributed by atoms with van der Waals surface area (Å²) in [5.41, 5.74) is 11.7. The first kappa shape index (κ1) is 40.6. The fraction of sp³-hybridized carbons (Fsp3) is 0.457. The molecule has 1 fully saturated rings. The number of hydrogen-bond acceptors (Lipinski definition) is 6. The predicted octanol–water partition coefficient (Wildman–Crippen LogP) is 11.9. The number of ether oxygens (including phenoxy) is 2. The van der Waals surface area contributed by atoms with E-state index >= 15 is 0 Å². The van der Waals surface area contributed by atoms with Crippen LogP contribution < -0.4 is 11.1 Å². The molecule has 0 radical (unpaired) electrons. The number of nitrogen functional groups attached to an aromatic ring is 1. The maximum atomic E-state index is 13.0. The van der Waals surface area contributed by atoms with Crippen molar-refractivity contribution in [3.05, 3.63) is 125 Å². The SMILES string of the molecule is CCCCCCCCCCCCCCCC(=O)Nc1cccc(C2OC(CSc3ccccc3N)C(c3ccccc3)C(c3ccc(CO)cc3)O2)c1. The molecule has 4 unspecified atom stereocenters. The molecule has 4 N–H and O–H groups in total. The van der Waals surface area contributed by atoms with E-state index < -0.39 is 6.29 Å². The highest BCUT2D eigenvalue weighted by Gasteiger charge is 2.42. The third kappa shape index (κ3) is 13.0. The Hall–Kier alpha value is -3.62. The third-order valence-corrected chi connectivity index (χ3v) is 11.4. The Kier molecular flexibility index (Phi) is 17.3. The monoisotopic (exact) mass is 736 g/mol. The minimum atomic E-state index is -0.658. The number of nitrogens with two attached hydrogens (primary N) is 1. The second kappa shape index (κ2) is 22.6. The molecule has 0 saturated carbocycles. The molecule has 4 atom stereocenters. The number of amides is 1. The Balaban J connectivity index is 1.20. The lowest BCUT2D eigenvalue weighted by atomic mass is 9.84. The number of aliphatic hydroxyl groups excluding tert-OH is 1. The highest BCUT2D eigenvalue weighted by Crippen LogP contribution is 2.48. The predicted molar refractivity (Wildman–Crippen MR) is 220 cm³/mol. The zero-order chi connectivity index (χ0) is 37.1. The number of rotatable bonds is 22. The highest BCUT2D eigenvalue weighted by atomic mass is 32.2. The molecule has 4 aromatic rings. The zero-order valence-electron chi connectivity index (χ0n) is 31.6. The smallest absolute Gasteiger partial charge is 0.224 e. The first-order valence-corrected chi connectivity index (χ1v) is 21.0. The zero-order valence-corrected chi connectivity index (χ0v) is 32.4. The molecular formula is C46H60N2O4S. The van der Waals surface area contributed by atoms with Crippen LogP contribution in [-0.4, -0.2) is 22.9 Å². The van der Waals surface area contributed by atoms with Crippen LogP contribution in [0.1, 0.15) is 137 Å². The second-order valence-electron chi connectivity index (χ2n) is 14.4. The van der Waals surface area contributed by atoms with E-state index in [0.29, 0.717) is 12.2 Å². The molecule has 4 aromatic carbocycles. The number of thioether (sulfide) groups is 1. The first-order valence-electron chi connectivity index (χ1n) is 20.0. The Morgan fingerprint density at radius 2 is 1.32 bits per heavy atom. The van der Waals surface area contributed by atoms with Gasteiger partial charge in [-0.1, -0.05) is 163 Å². The lowest BCUT2D eigenvalue weighted by Gasteiger charge is -2.43. The van der Waals surface area contributed by atoms with Crippen LogP contribution in [0, 0.1) is 0 Å². The second-order valence-corrected chi connectivity index (χ2v) is 15.5. The summed E-state index contributed by atoms with van der Waals surface area (Å²) < 4.78 is 13.8. The van der Waals surface area contributed by atoms with Crippen molar-refractivity contribution >= 4 is 29.0 Å². The lowest BCUT2D eigenvalue weighted by Crippen LogP contribution is -2.38. The van der Waals surface area contributed by atoms with Crippen molar-refractivity contribution in [2.24, 2.45) is 0 Å². The number of carbonyl (C=O) groups excluding carboxylic acids is 1. The lowest BCUT2D eigenvalue weighted by molar-refractivity contribution is -0.255. The molecule has 7 heteroatoms. The number of nitrogens with one attached hydrogen (secondary N) is 1. The van der Waals surface area contributed by atoms with Gasteiger partial charge in [0.05, 0.1) is 18.8 Å². The van der Waals surface area contributed by atoms with Gasteiger partial charge in [0.2, 0.25) is 5.91 Å². The number of benzene rings is 4. The van der Waals surface area contributed by atoms with Gasteiger partial charge >= 0.3 is 0 Å².